The fraction of sp³-hybridized carbons (Fsp3) is 0.333. The summed E-state index contributed by atoms with van der Waals surface area (Å²) in [7, 11) is 3.18. The number of aromatic nitrogens is 1. The van der Waals surface area contributed by atoms with E-state index in [1.807, 2.05) is 24.3 Å². The summed E-state index contributed by atoms with van der Waals surface area (Å²) >= 11 is 0. The number of hydrogen-bond acceptors (Lipinski definition) is 6. The maximum atomic E-state index is 13.3. The molecule has 0 bridgehead atoms. The number of amides is 1. The predicted octanol–water partition coefficient (Wildman–Crippen LogP) is 3.34. The first kappa shape index (κ1) is 20.4. The van der Waals surface area contributed by atoms with Gasteiger partial charge < -0.3 is 24.4 Å². The molecule has 0 aliphatic carbocycles. The first-order valence-electron chi connectivity index (χ1n) is 10.8. The first-order valence-corrected chi connectivity index (χ1v) is 10.8. The van der Waals surface area contributed by atoms with E-state index in [0.29, 0.717) is 22.3 Å². The molecule has 0 saturated carbocycles. The van der Waals surface area contributed by atoms with E-state index in [1.54, 1.807) is 26.2 Å². The van der Waals surface area contributed by atoms with Gasteiger partial charge in [0.05, 0.1) is 5.52 Å². The molecule has 5 rings (SSSR count). The maximum absolute atomic E-state index is 13.3. The third-order valence-electron chi connectivity index (χ3n) is 6.39. The Hall–Kier alpha value is -3.52. The number of aryl methyl sites for hydroxylation is 1. The summed E-state index contributed by atoms with van der Waals surface area (Å²) in [5.74, 6) is -0.469. The number of hydrogen-bond donors (Lipinski definition) is 1. The van der Waals surface area contributed by atoms with E-state index in [9.17, 15) is 14.7 Å². The Labute approximate surface area is 185 Å². The van der Waals surface area contributed by atoms with Crippen LogP contribution in [0.1, 0.15) is 35.2 Å². The topological polar surface area (TPSA) is 84.2 Å². The number of benzene rings is 2. The molecular weight excluding hydrogens is 410 g/mol. The SMILES string of the molecule is CN(C(=O)c1c(O)c2cc3c(cc2n(C)c1=O)COO3)c1ccc(N2CCCCC2)cc1. The summed E-state index contributed by atoms with van der Waals surface area (Å²) in [6.45, 7) is 2.33. The van der Waals surface area contributed by atoms with Gasteiger partial charge in [0.25, 0.3) is 11.5 Å². The fourth-order valence-electron chi connectivity index (χ4n) is 4.46. The summed E-state index contributed by atoms with van der Waals surface area (Å²) in [5, 5.41) is 11.3. The van der Waals surface area contributed by atoms with Crippen LogP contribution in [-0.4, -0.2) is 35.7 Å². The van der Waals surface area contributed by atoms with Gasteiger partial charge in [-0.3, -0.25) is 9.59 Å². The zero-order chi connectivity index (χ0) is 22.4. The van der Waals surface area contributed by atoms with Crippen molar-refractivity contribution in [2.24, 2.45) is 7.05 Å². The number of rotatable bonds is 3. The number of fused-ring (bicyclic) bond motifs is 2. The maximum Gasteiger partial charge on any atom is 0.267 e. The third kappa shape index (κ3) is 3.27. The number of anilines is 2. The van der Waals surface area contributed by atoms with Gasteiger partial charge in [0.15, 0.2) is 5.75 Å². The predicted molar refractivity (Wildman–Crippen MR) is 122 cm³/mol. The summed E-state index contributed by atoms with van der Waals surface area (Å²) in [4.78, 5) is 40.1. The second-order valence-electron chi connectivity index (χ2n) is 8.34. The van der Waals surface area contributed by atoms with E-state index in [4.69, 9.17) is 9.78 Å². The van der Waals surface area contributed by atoms with E-state index in [-0.39, 0.29) is 17.9 Å². The van der Waals surface area contributed by atoms with Crippen LogP contribution in [0.4, 0.5) is 11.4 Å². The van der Waals surface area contributed by atoms with Crippen molar-refractivity contribution in [2.45, 2.75) is 25.9 Å². The standard InChI is InChI=1S/C24H25N3O5/c1-25(16-6-8-17(9-7-16)27-10-4-3-5-11-27)23(29)21-22(28)18-13-20-15(14-31-32-20)12-19(18)26(2)24(21)30/h6-9,12-13,28H,3-5,10-11,14H2,1-2H3. The quantitative estimate of drug-likeness (QED) is 0.636. The molecule has 2 aliphatic heterocycles. The molecule has 32 heavy (non-hydrogen) atoms. The van der Waals surface area contributed by atoms with Crippen LogP contribution in [0.15, 0.2) is 41.2 Å². The Morgan fingerprint density at radius 2 is 1.81 bits per heavy atom. The fourth-order valence-corrected chi connectivity index (χ4v) is 4.46. The van der Waals surface area contributed by atoms with E-state index >= 15 is 0 Å². The minimum absolute atomic E-state index is 0.261. The van der Waals surface area contributed by atoms with Crippen LogP contribution in [0.25, 0.3) is 10.9 Å². The minimum atomic E-state index is -0.576. The molecular formula is C24H25N3O5. The van der Waals surface area contributed by atoms with Crippen molar-refractivity contribution in [1.29, 1.82) is 0 Å². The van der Waals surface area contributed by atoms with Gasteiger partial charge in [-0.15, -0.1) is 0 Å². The van der Waals surface area contributed by atoms with Crippen molar-refractivity contribution >= 4 is 28.2 Å². The Kier molecular flexibility index (Phi) is 5.01. The Morgan fingerprint density at radius 3 is 2.53 bits per heavy atom. The highest BCUT2D eigenvalue weighted by molar-refractivity contribution is 6.10. The number of nitrogens with zero attached hydrogens (tertiary/aromatic N) is 3. The molecule has 8 heteroatoms. The number of carbonyl (C=O) groups excluding carboxylic acids is 1. The van der Waals surface area contributed by atoms with Crippen LogP contribution < -0.4 is 20.2 Å². The van der Waals surface area contributed by atoms with E-state index in [2.05, 4.69) is 4.90 Å². The smallest absolute Gasteiger partial charge is 0.267 e. The number of aromatic hydroxyl groups is 1. The van der Waals surface area contributed by atoms with Gasteiger partial charge in [-0.25, -0.2) is 0 Å². The largest absolute Gasteiger partial charge is 0.506 e. The lowest BCUT2D eigenvalue weighted by molar-refractivity contribution is -0.194. The van der Waals surface area contributed by atoms with E-state index in [0.717, 1.165) is 24.3 Å². The molecule has 1 aromatic heterocycles. The highest BCUT2D eigenvalue weighted by Crippen LogP contribution is 2.36. The number of pyridine rings is 1. The number of carbonyl (C=O) groups is 1. The number of piperidine rings is 1. The molecule has 3 aromatic rings. The van der Waals surface area contributed by atoms with Crippen molar-refractivity contribution in [2.75, 3.05) is 29.9 Å². The van der Waals surface area contributed by atoms with Crippen LogP contribution in [0.3, 0.4) is 0 Å². The van der Waals surface area contributed by atoms with Gasteiger partial charge in [0.1, 0.15) is 17.9 Å². The van der Waals surface area contributed by atoms with Crippen LogP contribution in [0, 0.1) is 0 Å². The van der Waals surface area contributed by atoms with Gasteiger partial charge >= 0.3 is 0 Å². The lowest BCUT2D eigenvalue weighted by atomic mass is 10.1. The molecule has 166 valence electrons. The zero-order valence-electron chi connectivity index (χ0n) is 18.1. The van der Waals surface area contributed by atoms with Gasteiger partial charge in [-0.2, -0.15) is 4.89 Å². The second kappa shape index (κ2) is 7.87. The average molecular weight is 435 g/mol. The van der Waals surface area contributed by atoms with Crippen molar-refractivity contribution in [3.63, 3.8) is 0 Å². The minimum Gasteiger partial charge on any atom is -0.506 e. The molecule has 2 aromatic carbocycles. The molecule has 0 spiro atoms. The van der Waals surface area contributed by atoms with Crippen molar-refractivity contribution in [3.05, 3.63) is 57.9 Å². The van der Waals surface area contributed by atoms with Crippen LogP contribution in [0.5, 0.6) is 11.5 Å². The van der Waals surface area contributed by atoms with Crippen molar-refractivity contribution in [1.82, 2.24) is 4.57 Å². The van der Waals surface area contributed by atoms with Gasteiger partial charge in [-0.05, 0) is 55.7 Å². The molecule has 1 fully saturated rings. The van der Waals surface area contributed by atoms with Gasteiger partial charge in [-0.1, -0.05) is 0 Å². The van der Waals surface area contributed by atoms with E-state index in [1.165, 1.54) is 28.7 Å². The molecule has 8 nitrogen and oxygen atoms in total. The molecule has 0 radical (unpaired) electrons. The molecule has 1 saturated heterocycles. The van der Waals surface area contributed by atoms with Crippen LogP contribution in [0.2, 0.25) is 0 Å². The van der Waals surface area contributed by atoms with Crippen LogP contribution in [-0.2, 0) is 18.5 Å². The summed E-state index contributed by atoms with van der Waals surface area (Å²) in [6, 6.07) is 11.0. The highest BCUT2D eigenvalue weighted by Gasteiger charge is 2.27. The zero-order valence-corrected chi connectivity index (χ0v) is 18.1. The summed E-state index contributed by atoms with van der Waals surface area (Å²) < 4.78 is 1.37. The Bertz CT molecular complexity index is 1260. The molecule has 0 atom stereocenters. The molecule has 1 N–H and O–H groups in total. The van der Waals surface area contributed by atoms with Gasteiger partial charge in [0, 0.05) is 49.5 Å². The highest BCUT2D eigenvalue weighted by atomic mass is 17.2. The molecule has 0 unspecified atom stereocenters. The normalized spacial score (nSPS) is 15.5. The molecule has 2 aliphatic rings. The van der Waals surface area contributed by atoms with Crippen molar-refractivity contribution < 1.29 is 19.7 Å². The summed E-state index contributed by atoms with van der Waals surface area (Å²) in [5.41, 5.74) is 2.21. The average Bonchev–Trinajstić information content (AvgIpc) is 3.29. The Balaban J connectivity index is 1.50. The summed E-state index contributed by atoms with van der Waals surface area (Å²) in [6.07, 6.45) is 3.63. The van der Waals surface area contributed by atoms with Crippen LogP contribution >= 0.6 is 0 Å². The van der Waals surface area contributed by atoms with Gasteiger partial charge in [0.2, 0.25) is 0 Å². The Morgan fingerprint density at radius 1 is 1.09 bits per heavy atom. The lowest BCUT2D eigenvalue weighted by Gasteiger charge is -2.29. The lowest BCUT2D eigenvalue weighted by Crippen LogP contribution is -2.34. The molecule has 3 heterocycles. The monoisotopic (exact) mass is 435 g/mol. The van der Waals surface area contributed by atoms with E-state index < -0.39 is 11.5 Å². The second-order valence-corrected chi connectivity index (χ2v) is 8.34. The molecule has 1 amide bonds. The first-order chi connectivity index (χ1) is 15.5. The van der Waals surface area contributed by atoms with Crippen molar-refractivity contribution in [3.8, 4) is 11.5 Å². The third-order valence-corrected chi connectivity index (χ3v) is 6.39.